The van der Waals surface area contributed by atoms with Crippen LogP contribution in [0.5, 0.6) is 5.75 Å². The molecule has 0 aliphatic carbocycles. The zero-order valence-electron chi connectivity index (χ0n) is 20.2. The van der Waals surface area contributed by atoms with Gasteiger partial charge >= 0.3 is 5.97 Å². The van der Waals surface area contributed by atoms with Gasteiger partial charge in [0.15, 0.2) is 14.7 Å². The quantitative estimate of drug-likeness (QED) is 0.100. The maximum Gasteiger partial charge on any atom is 0.315 e. The van der Waals surface area contributed by atoms with Crippen molar-refractivity contribution in [2.75, 3.05) is 0 Å². The minimum atomic E-state index is -0.264. The van der Waals surface area contributed by atoms with Gasteiger partial charge in [-0.2, -0.15) is 0 Å². The first-order chi connectivity index (χ1) is 18.3. The van der Waals surface area contributed by atoms with Crippen LogP contribution in [0.2, 0.25) is 0 Å². The van der Waals surface area contributed by atoms with Crippen LogP contribution in [-0.4, -0.2) is 5.97 Å². The van der Waals surface area contributed by atoms with Gasteiger partial charge in [0, 0.05) is 0 Å². The van der Waals surface area contributed by atoms with Crippen molar-refractivity contribution in [1.29, 1.82) is 0 Å². The predicted molar refractivity (Wildman–Crippen MR) is 152 cm³/mol. The number of fused-ring (bicyclic) bond motifs is 2. The molecule has 0 amide bonds. The number of benzene rings is 6. The smallest absolute Gasteiger partial charge is 0.315 e. The van der Waals surface area contributed by atoms with Crippen molar-refractivity contribution in [3.8, 4) is 5.75 Å². The Kier molecular flexibility index (Phi) is 6.45. The van der Waals surface area contributed by atoms with E-state index in [-0.39, 0.29) is 23.3 Å². The molecule has 6 aromatic rings. The van der Waals surface area contributed by atoms with Gasteiger partial charge in [-0.15, -0.1) is 0 Å². The van der Waals surface area contributed by atoms with E-state index in [4.69, 9.17) is 4.74 Å². The van der Waals surface area contributed by atoms with Crippen molar-refractivity contribution in [3.63, 3.8) is 0 Å². The van der Waals surface area contributed by atoms with Gasteiger partial charge in [-0.3, -0.25) is 4.79 Å². The number of carbonyl (C=O) groups excluding carboxylic acids is 1. The molecule has 0 unspecified atom stereocenters. The van der Waals surface area contributed by atoms with E-state index in [1.54, 1.807) is 0 Å². The van der Waals surface area contributed by atoms with Crippen LogP contribution in [0.15, 0.2) is 154 Å². The maximum atomic E-state index is 13.1. The van der Waals surface area contributed by atoms with E-state index in [1.807, 2.05) is 48.5 Å². The summed E-state index contributed by atoms with van der Waals surface area (Å²) in [5, 5.41) is 4.43. The third kappa shape index (κ3) is 4.87. The van der Waals surface area contributed by atoms with E-state index in [0.29, 0.717) is 5.75 Å². The van der Waals surface area contributed by atoms with E-state index < -0.39 is 0 Å². The number of rotatable bonds is 6. The summed E-state index contributed by atoms with van der Waals surface area (Å²) in [6.45, 7) is 0. The van der Waals surface area contributed by atoms with Crippen molar-refractivity contribution >= 4 is 38.4 Å². The van der Waals surface area contributed by atoms with Gasteiger partial charge in [-0.25, -0.2) is 0 Å². The summed E-state index contributed by atoms with van der Waals surface area (Å²) in [7, 11) is -0.239. The first-order valence-electron chi connectivity index (χ1n) is 12.3. The molecule has 6 rings (SSSR count). The van der Waals surface area contributed by atoms with E-state index in [9.17, 15) is 4.79 Å². The largest absolute Gasteiger partial charge is 0.426 e. The topological polar surface area (TPSA) is 26.3 Å². The fourth-order valence-corrected chi connectivity index (χ4v) is 6.86. The number of hydrogen-bond donors (Lipinski definition) is 0. The molecule has 0 atom stereocenters. The standard InChI is InChI=1S/C34H25O2S/c35-34(24-33-31-17-9-7-11-25(31)23-26-12-8-10-18-32(26)33)36-27-19-21-30(22-20-27)37(28-13-3-1-4-14-28)29-15-5-2-6-16-29/h1-23H,24H2/q+1. The lowest BCUT2D eigenvalue weighted by Crippen LogP contribution is -2.12. The van der Waals surface area contributed by atoms with E-state index in [2.05, 4.69) is 91.0 Å². The Hall–Kier alpha value is -4.34. The highest BCUT2D eigenvalue weighted by Crippen LogP contribution is 2.32. The van der Waals surface area contributed by atoms with Gasteiger partial charge in [0.2, 0.25) is 0 Å². The Morgan fingerprint density at radius 1 is 0.541 bits per heavy atom. The van der Waals surface area contributed by atoms with Crippen molar-refractivity contribution < 1.29 is 9.53 Å². The summed E-state index contributed by atoms with van der Waals surface area (Å²) in [5.41, 5.74) is 1.00. The van der Waals surface area contributed by atoms with Gasteiger partial charge in [0.05, 0.1) is 17.3 Å². The molecule has 0 aliphatic rings. The van der Waals surface area contributed by atoms with Gasteiger partial charge in [0.1, 0.15) is 5.75 Å². The lowest BCUT2D eigenvalue weighted by molar-refractivity contribution is -0.133. The highest BCUT2D eigenvalue weighted by molar-refractivity contribution is 7.97. The summed E-state index contributed by atoms with van der Waals surface area (Å²) in [6.07, 6.45) is 0.210. The van der Waals surface area contributed by atoms with Crippen molar-refractivity contribution in [1.82, 2.24) is 0 Å². The maximum absolute atomic E-state index is 13.1. The molecule has 0 heterocycles. The molecule has 0 radical (unpaired) electrons. The second kappa shape index (κ2) is 10.3. The van der Waals surface area contributed by atoms with Crippen LogP contribution in [-0.2, 0) is 22.1 Å². The average Bonchev–Trinajstić information content (AvgIpc) is 2.95. The summed E-state index contributed by atoms with van der Waals surface area (Å²) < 4.78 is 5.83. The second-order valence-electron chi connectivity index (χ2n) is 8.85. The van der Waals surface area contributed by atoms with Gasteiger partial charge in [-0.1, -0.05) is 84.9 Å². The summed E-state index contributed by atoms with van der Waals surface area (Å²) in [6, 6.07) is 47.6. The fourth-order valence-electron chi connectivity index (χ4n) is 4.78. The highest BCUT2D eigenvalue weighted by Gasteiger charge is 2.28. The lowest BCUT2D eigenvalue weighted by Gasteiger charge is -2.12. The monoisotopic (exact) mass is 497 g/mol. The SMILES string of the molecule is O=C(Cc1c2ccccc2cc2ccccc12)Oc1ccc([S+](c2ccccc2)c2ccccc2)cc1. The van der Waals surface area contributed by atoms with Crippen LogP contribution in [0, 0.1) is 0 Å². The summed E-state index contributed by atoms with van der Waals surface area (Å²) >= 11 is 0. The molecule has 0 aromatic heterocycles. The molecule has 0 aliphatic heterocycles. The second-order valence-corrected chi connectivity index (χ2v) is 10.9. The molecule has 178 valence electrons. The van der Waals surface area contributed by atoms with Crippen molar-refractivity contribution in [2.24, 2.45) is 0 Å². The third-order valence-electron chi connectivity index (χ3n) is 6.45. The predicted octanol–water partition coefficient (Wildman–Crippen LogP) is 8.24. The molecule has 37 heavy (non-hydrogen) atoms. The average molecular weight is 498 g/mol. The molecular formula is C34H25O2S+. The Morgan fingerprint density at radius 3 is 1.54 bits per heavy atom. The minimum Gasteiger partial charge on any atom is -0.426 e. The first-order valence-corrected chi connectivity index (χ1v) is 13.5. The first kappa shape index (κ1) is 23.1. The molecule has 0 fully saturated rings. The third-order valence-corrected chi connectivity index (χ3v) is 8.68. The van der Waals surface area contributed by atoms with Crippen molar-refractivity contribution in [2.45, 2.75) is 21.1 Å². The number of ether oxygens (including phenoxy) is 1. The number of carbonyl (C=O) groups is 1. The molecule has 0 spiro atoms. The van der Waals surface area contributed by atoms with Crippen LogP contribution in [0.3, 0.4) is 0 Å². The van der Waals surface area contributed by atoms with Crippen LogP contribution in [0.1, 0.15) is 5.56 Å². The Morgan fingerprint density at radius 2 is 1.00 bits per heavy atom. The Labute approximate surface area is 219 Å². The summed E-state index contributed by atoms with van der Waals surface area (Å²) in [4.78, 5) is 16.8. The van der Waals surface area contributed by atoms with E-state index in [0.717, 1.165) is 27.1 Å². The zero-order valence-corrected chi connectivity index (χ0v) is 21.0. The van der Waals surface area contributed by atoms with E-state index in [1.165, 1.54) is 14.7 Å². The minimum absolute atomic E-state index is 0.210. The van der Waals surface area contributed by atoms with E-state index >= 15 is 0 Å². The van der Waals surface area contributed by atoms with Crippen molar-refractivity contribution in [3.05, 3.63) is 145 Å². The lowest BCUT2D eigenvalue weighted by atomic mass is 9.95. The van der Waals surface area contributed by atoms with Crippen LogP contribution < -0.4 is 4.74 Å². The molecule has 0 bridgehead atoms. The molecule has 0 N–H and O–H groups in total. The van der Waals surface area contributed by atoms with Gasteiger partial charge in [0.25, 0.3) is 0 Å². The van der Waals surface area contributed by atoms with Gasteiger partial charge < -0.3 is 4.74 Å². The Bertz CT molecular complexity index is 1580. The highest BCUT2D eigenvalue weighted by atomic mass is 32.2. The Balaban J connectivity index is 1.27. The molecule has 0 saturated carbocycles. The fraction of sp³-hybridized carbons (Fsp3) is 0.0294. The molecule has 6 aromatic carbocycles. The summed E-state index contributed by atoms with van der Waals surface area (Å²) in [5.74, 6) is 0.294. The molecule has 3 heteroatoms. The zero-order chi connectivity index (χ0) is 25.0. The number of esters is 1. The molecule has 0 saturated heterocycles. The molecular weight excluding hydrogens is 472 g/mol. The van der Waals surface area contributed by atoms with Crippen LogP contribution in [0.25, 0.3) is 21.5 Å². The van der Waals surface area contributed by atoms with Crippen LogP contribution >= 0.6 is 0 Å². The number of hydrogen-bond acceptors (Lipinski definition) is 2. The normalized spacial score (nSPS) is 11.2. The van der Waals surface area contributed by atoms with Gasteiger partial charge in [-0.05, 0) is 81.7 Å². The molecule has 2 nitrogen and oxygen atoms in total. The van der Waals surface area contributed by atoms with Crippen LogP contribution in [0.4, 0.5) is 0 Å².